The van der Waals surface area contributed by atoms with Crippen molar-refractivity contribution in [3.63, 3.8) is 0 Å². The van der Waals surface area contributed by atoms with Crippen molar-refractivity contribution < 1.29 is 18.3 Å². The van der Waals surface area contributed by atoms with Crippen molar-refractivity contribution in [2.75, 3.05) is 50.6 Å². The number of methoxy groups -OCH3 is 1. The van der Waals surface area contributed by atoms with Crippen LogP contribution < -0.4 is 20.3 Å². The Labute approximate surface area is 219 Å². The smallest absolute Gasteiger partial charge is 0.149 e. The molecule has 0 amide bonds. The second kappa shape index (κ2) is 9.85. The molecule has 10 heteroatoms. The van der Waals surface area contributed by atoms with Crippen molar-refractivity contribution in [3.8, 4) is 28.3 Å². The molecule has 8 nitrogen and oxygen atoms in total. The van der Waals surface area contributed by atoms with Crippen LogP contribution in [0.4, 0.5) is 20.3 Å². The summed E-state index contributed by atoms with van der Waals surface area (Å²) in [5.74, 6) is 0.704. The number of morpholine rings is 1. The number of nitrogens with one attached hydrogen (secondary N) is 3. The molecule has 4 aromatic rings. The lowest BCUT2D eigenvalue weighted by atomic mass is 9.95. The second-order valence-electron chi connectivity index (χ2n) is 9.81. The van der Waals surface area contributed by atoms with Gasteiger partial charge < -0.3 is 30.0 Å². The number of aromatic nitrogens is 3. The van der Waals surface area contributed by atoms with Crippen LogP contribution in [0.1, 0.15) is 12.0 Å². The number of nitrogens with zero attached hydrogens (tertiary/aromatic N) is 3. The van der Waals surface area contributed by atoms with Crippen LogP contribution in [-0.4, -0.2) is 67.5 Å². The molecule has 2 aromatic carbocycles. The van der Waals surface area contributed by atoms with Gasteiger partial charge in [-0.05, 0) is 42.7 Å². The molecule has 2 aliphatic rings. The van der Waals surface area contributed by atoms with Gasteiger partial charge in [-0.3, -0.25) is 0 Å². The lowest BCUT2D eigenvalue weighted by molar-refractivity contribution is -0.00899. The Balaban J connectivity index is 1.59. The molecule has 2 fully saturated rings. The Morgan fingerprint density at radius 2 is 2.00 bits per heavy atom. The highest BCUT2D eigenvalue weighted by atomic mass is 19.1. The van der Waals surface area contributed by atoms with E-state index < -0.39 is 5.82 Å². The molecule has 0 radical (unpaired) electrons. The number of fused-ring (bicyclic) bond motifs is 2. The van der Waals surface area contributed by atoms with Gasteiger partial charge in [-0.1, -0.05) is 6.07 Å². The van der Waals surface area contributed by atoms with Crippen molar-refractivity contribution in [2.24, 2.45) is 0 Å². The average Bonchev–Trinajstić information content (AvgIpc) is 3.34. The molecule has 2 atom stereocenters. The first-order chi connectivity index (χ1) is 18.4. The van der Waals surface area contributed by atoms with E-state index >= 15 is 0 Å². The Morgan fingerprint density at radius 1 is 1.16 bits per heavy atom. The van der Waals surface area contributed by atoms with Crippen LogP contribution in [0.5, 0.6) is 5.75 Å². The van der Waals surface area contributed by atoms with Gasteiger partial charge in [0.05, 0.1) is 36.6 Å². The van der Waals surface area contributed by atoms with Crippen molar-refractivity contribution in [1.29, 1.82) is 0 Å². The molecule has 4 heterocycles. The maximum absolute atomic E-state index is 14.6. The molecular weight excluding hydrogens is 490 g/mol. The fourth-order valence-electron chi connectivity index (χ4n) is 5.65. The Morgan fingerprint density at radius 3 is 2.79 bits per heavy atom. The van der Waals surface area contributed by atoms with Crippen LogP contribution >= 0.6 is 0 Å². The van der Waals surface area contributed by atoms with Crippen LogP contribution in [0.3, 0.4) is 0 Å². The number of benzene rings is 2. The summed E-state index contributed by atoms with van der Waals surface area (Å²) in [6, 6.07) is 7.98. The Bertz CT molecular complexity index is 1490. The number of hydrogen-bond acceptors (Lipinski definition) is 7. The summed E-state index contributed by atoms with van der Waals surface area (Å²) < 4.78 is 40.5. The van der Waals surface area contributed by atoms with Gasteiger partial charge in [0.25, 0.3) is 0 Å². The van der Waals surface area contributed by atoms with Gasteiger partial charge in [0.1, 0.15) is 34.5 Å². The zero-order chi connectivity index (χ0) is 26.4. The maximum atomic E-state index is 14.6. The van der Waals surface area contributed by atoms with E-state index in [1.165, 1.54) is 31.4 Å². The zero-order valence-corrected chi connectivity index (χ0v) is 21.6. The number of anilines is 2. The van der Waals surface area contributed by atoms with E-state index in [1.54, 1.807) is 13.2 Å². The van der Waals surface area contributed by atoms with E-state index in [0.29, 0.717) is 47.1 Å². The highest BCUT2D eigenvalue weighted by Crippen LogP contribution is 2.44. The first kappa shape index (κ1) is 24.6. The van der Waals surface area contributed by atoms with E-state index in [1.807, 2.05) is 13.0 Å². The van der Waals surface area contributed by atoms with E-state index in [2.05, 4.69) is 20.5 Å². The van der Waals surface area contributed by atoms with Gasteiger partial charge in [0.2, 0.25) is 0 Å². The summed E-state index contributed by atoms with van der Waals surface area (Å²) >= 11 is 0. The lowest BCUT2D eigenvalue weighted by Crippen LogP contribution is -2.58. The molecule has 198 valence electrons. The number of aryl methyl sites for hydroxylation is 1. The van der Waals surface area contributed by atoms with Crippen LogP contribution in [0, 0.1) is 18.6 Å². The molecule has 0 aliphatic carbocycles. The summed E-state index contributed by atoms with van der Waals surface area (Å²) in [6.45, 7) is 4.78. The SMILES string of the molecule is CNc1ncc(-c2cc(C)cc(F)c2)c(N2CCC3NCCOC3C2)c1-c1nc2c(OC)cc(F)cc2[nH]1. The van der Waals surface area contributed by atoms with Crippen LogP contribution in [0.2, 0.25) is 0 Å². The van der Waals surface area contributed by atoms with E-state index in [4.69, 9.17) is 19.4 Å². The third kappa shape index (κ3) is 4.33. The average molecular weight is 521 g/mol. The lowest BCUT2D eigenvalue weighted by Gasteiger charge is -2.43. The molecule has 2 aliphatic heterocycles. The Kier molecular flexibility index (Phi) is 6.37. The summed E-state index contributed by atoms with van der Waals surface area (Å²) in [5, 5.41) is 6.76. The van der Waals surface area contributed by atoms with Gasteiger partial charge >= 0.3 is 0 Å². The minimum Gasteiger partial charge on any atom is -0.494 e. The van der Waals surface area contributed by atoms with Gasteiger partial charge in [-0.2, -0.15) is 0 Å². The number of halogens is 2. The highest BCUT2D eigenvalue weighted by molar-refractivity contribution is 5.97. The molecular formula is C28H30F2N6O2. The third-order valence-corrected chi connectivity index (χ3v) is 7.33. The molecule has 0 saturated carbocycles. The number of hydrogen-bond donors (Lipinski definition) is 3. The fraction of sp³-hybridized carbons (Fsp3) is 0.357. The predicted molar refractivity (Wildman–Crippen MR) is 144 cm³/mol. The Hall–Kier alpha value is -3.76. The van der Waals surface area contributed by atoms with Crippen molar-refractivity contribution in [3.05, 3.63) is 53.7 Å². The minimum absolute atomic E-state index is 0.0171. The fourth-order valence-corrected chi connectivity index (χ4v) is 5.65. The van der Waals surface area contributed by atoms with Crippen molar-refractivity contribution in [1.82, 2.24) is 20.3 Å². The number of H-pyrrole nitrogens is 1. The van der Waals surface area contributed by atoms with Crippen LogP contribution in [0.25, 0.3) is 33.5 Å². The van der Waals surface area contributed by atoms with Gasteiger partial charge in [0.15, 0.2) is 0 Å². The third-order valence-electron chi connectivity index (χ3n) is 7.33. The van der Waals surface area contributed by atoms with Gasteiger partial charge in [0, 0.05) is 50.6 Å². The van der Waals surface area contributed by atoms with Crippen LogP contribution in [0.15, 0.2) is 36.5 Å². The van der Waals surface area contributed by atoms with E-state index in [9.17, 15) is 8.78 Å². The van der Waals surface area contributed by atoms with Crippen LogP contribution in [-0.2, 0) is 4.74 Å². The second-order valence-corrected chi connectivity index (χ2v) is 9.81. The molecule has 2 unspecified atom stereocenters. The molecule has 0 spiro atoms. The number of pyridine rings is 1. The normalized spacial score (nSPS) is 19.4. The molecule has 0 bridgehead atoms. The largest absolute Gasteiger partial charge is 0.494 e. The minimum atomic E-state index is -0.426. The van der Waals surface area contributed by atoms with Gasteiger partial charge in [-0.15, -0.1) is 0 Å². The number of ether oxygens (including phenoxy) is 2. The number of rotatable bonds is 5. The number of piperidine rings is 1. The first-order valence-corrected chi connectivity index (χ1v) is 12.8. The zero-order valence-electron chi connectivity index (χ0n) is 21.6. The highest BCUT2D eigenvalue weighted by Gasteiger charge is 2.35. The van der Waals surface area contributed by atoms with Crippen molar-refractivity contribution >= 4 is 22.5 Å². The quantitative estimate of drug-likeness (QED) is 0.357. The summed E-state index contributed by atoms with van der Waals surface area (Å²) in [7, 11) is 3.29. The summed E-state index contributed by atoms with van der Waals surface area (Å²) in [5.41, 5.74) is 4.92. The monoisotopic (exact) mass is 520 g/mol. The first-order valence-electron chi connectivity index (χ1n) is 12.8. The maximum Gasteiger partial charge on any atom is 0.149 e. The van der Waals surface area contributed by atoms with E-state index in [-0.39, 0.29) is 18.0 Å². The summed E-state index contributed by atoms with van der Waals surface area (Å²) in [4.78, 5) is 15.1. The molecule has 3 N–H and O–H groups in total. The molecule has 38 heavy (non-hydrogen) atoms. The molecule has 6 rings (SSSR count). The summed E-state index contributed by atoms with van der Waals surface area (Å²) in [6.07, 6.45) is 2.68. The van der Waals surface area contributed by atoms with Gasteiger partial charge in [-0.25, -0.2) is 18.7 Å². The van der Waals surface area contributed by atoms with Crippen molar-refractivity contribution in [2.45, 2.75) is 25.5 Å². The van der Waals surface area contributed by atoms with E-state index in [0.717, 1.165) is 41.9 Å². The molecule has 2 aromatic heterocycles. The topological polar surface area (TPSA) is 87.3 Å². The number of imidazole rings is 1. The predicted octanol–water partition coefficient (Wildman–Crippen LogP) is 4.50. The number of aromatic amines is 1. The molecule has 2 saturated heterocycles. The standard InChI is InChI=1S/C28H30F2N6O2/c1-15-8-16(10-17(29)9-15)19-13-33-27(31-2)24(26(19)36-6-4-20-23(14-36)38-7-5-32-20)28-34-21-11-18(30)12-22(37-3)25(21)35-28/h8-13,20,23,32H,4-7,14H2,1-3H3,(H,31,33)(H,34,35).